The lowest BCUT2D eigenvalue weighted by Crippen LogP contribution is -2.40. The molecule has 2 aromatic heterocycles. The molecule has 0 bridgehead atoms. The second-order valence-corrected chi connectivity index (χ2v) is 9.78. The standard InChI is InChI=1S/C27H29N3O5S/c1-4-34-26(32)23-17(2)28-27-30(24(23)19-10-6-7-11-20(19)33-3)25(31)21(36-27)16-18-12-13-22(35-18)29-14-8-5-9-15-29/h6-7,10-13,16,24H,4-5,8-9,14-15H2,1-3H3. The number of piperidine rings is 1. The zero-order valence-corrected chi connectivity index (χ0v) is 21.5. The monoisotopic (exact) mass is 507 g/mol. The van der Waals surface area contributed by atoms with Crippen LogP contribution in [-0.4, -0.2) is 37.3 Å². The van der Waals surface area contributed by atoms with Crippen molar-refractivity contribution < 1.29 is 18.7 Å². The van der Waals surface area contributed by atoms with Gasteiger partial charge in [-0.05, 0) is 45.2 Å². The number of ether oxygens (including phenoxy) is 2. The van der Waals surface area contributed by atoms with Crippen LogP contribution in [0.15, 0.2) is 61.9 Å². The van der Waals surface area contributed by atoms with Crippen LogP contribution < -0.4 is 24.5 Å². The van der Waals surface area contributed by atoms with Crippen LogP contribution >= 0.6 is 11.3 Å². The molecule has 2 aliphatic rings. The molecule has 8 nitrogen and oxygen atoms in total. The summed E-state index contributed by atoms with van der Waals surface area (Å²) in [5.41, 5.74) is 1.28. The van der Waals surface area contributed by atoms with Gasteiger partial charge in [-0.15, -0.1) is 0 Å². The molecular weight excluding hydrogens is 478 g/mol. The van der Waals surface area contributed by atoms with Crippen LogP contribution in [0.5, 0.6) is 5.75 Å². The van der Waals surface area contributed by atoms with Crippen LogP contribution in [0.1, 0.15) is 50.5 Å². The number of carbonyl (C=O) groups is 1. The first-order valence-corrected chi connectivity index (χ1v) is 13.0. The summed E-state index contributed by atoms with van der Waals surface area (Å²) < 4.78 is 19.1. The number of aromatic nitrogens is 1. The van der Waals surface area contributed by atoms with Gasteiger partial charge in [0.25, 0.3) is 5.56 Å². The highest BCUT2D eigenvalue weighted by Gasteiger charge is 2.35. The van der Waals surface area contributed by atoms with E-state index in [1.165, 1.54) is 17.8 Å². The summed E-state index contributed by atoms with van der Waals surface area (Å²) in [5, 5.41) is 0. The van der Waals surface area contributed by atoms with Gasteiger partial charge in [-0.2, -0.15) is 0 Å². The number of rotatable bonds is 6. The third-order valence-electron chi connectivity index (χ3n) is 6.50. The zero-order valence-electron chi connectivity index (χ0n) is 20.7. The summed E-state index contributed by atoms with van der Waals surface area (Å²) in [6.45, 7) is 5.69. The minimum Gasteiger partial charge on any atom is -0.496 e. The number of benzene rings is 1. The lowest BCUT2D eigenvalue weighted by molar-refractivity contribution is -0.139. The summed E-state index contributed by atoms with van der Waals surface area (Å²) in [6.07, 6.45) is 5.30. The number of hydrogen-bond donors (Lipinski definition) is 0. The van der Waals surface area contributed by atoms with E-state index in [4.69, 9.17) is 13.9 Å². The molecule has 1 aromatic carbocycles. The topological polar surface area (TPSA) is 86.3 Å². The molecule has 0 saturated carbocycles. The highest BCUT2D eigenvalue weighted by molar-refractivity contribution is 7.07. The first-order valence-electron chi connectivity index (χ1n) is 12.2. The van der Waals surface area contributed by atoms with Crippen molar-refractivity contribution in [3.05, 3.63) is 78.7 Å². The quantitative estimate of drug-likeness (QED) is 0.476. The molecule has 1 atom stereocenters. The van der Waals surface area contributed by atoms with Crippen molar-refractivity contribution in [3.8, 4) is 5.75 Å². The van der Waals surface area contributed by atoms with Crippen LogP contribution in [0, 0.1) is 0 Å². The fourth-order valence-electron chi connectivity index (χ4n) is 4.81. The van der Waals surface area contributed by atoms with Crippen molar-refractivity contribution in [2.75, 3.05) is 31.7 Å². The fourth-order valence-corrected chi connectivity index (χ4v) is 5.84. The van der Waals surface area contributed by atoms with Gasteiger partial charge in [-0.1, -0.05) is 29.5 Å². The van der Waals surface area contributed by atoms with Crippen molar-refractivity contribution in [3.63, 3.8) is 0 Å². The van der Waals surface area contributed by atoms with E-state index >= 15 is 0 Å². The summed E-state index contributed by atoms with van der Waals surface area (Å²) in [6, 6.07) is 10.5. The average molecular weight is 508 g/mol. The van der Waals surface area contributed by atoms with Crippen LogP contribution in [0.2, 0.25) is 0 Å². The molecule has 2 aliphatic heterocycles. The van der Waals surface area contributed by atoms with Gasteiger partial charge in [0.15, 0.2) is 10.7 Å². The third kappa shape index (κ3) is 4.39. The smallest absolute Gasteiger partial charge is 0.338 e. The van der Waals surface area contributed by atoms with Crippen LogP contribution in [0.25, 0.3) is 6.08 Å². The highest BCUT2D eigenvalue weighted by atomic mass is 32.1. The lowest BCUT2D eigenvalue weighted by Gasteiger charge is -2.25. The van der Waals surface area contributed by atoms with Gasteiger partial charge in [0, 0.05) is 30.8 Å². The number of para-hydroxylation sites is 1. The van der Waals surface area contributed by atoms with Gasteiger partial charge in [0.1, 0.15) is 17.6 Å². The molecule has 0 amide bonds. The van der Waals surface area contributed by atoms with Crippen molar-refractivity contribution in [2.24, 2.45) is 4.99 Å². The molecule has 5 rings (SSSR count). The molecule has 1 unspecified atom stereocenters. The first-order chi connectivity index (χ1) is 17.5. The molecular formula is C27H29N3O5S. The summed E-state index contributed by atoms with van der Waals surface area (Å²) in [4.78, 5) is 34.2. The van der Waals surface area contributed by atoms with E-state index in [9.17, 15) is 9.59 Å². The molecule has 9 heteroatoms. The number of esters is 1. The Morgan fingerprint density at radius 2 is 1.97 bits per heavy atom. The Bertz CT molecular complexity index is 1490. The zero-order chi connectivity index (χ0) is 25.2. The molecule has 36 heavy (non-hydrogen) atoms. The van der Waals surface area contributed by atoms with E-state index in [1.54, 1.807) is 31.6 Å². The summed E-state index contributed by atoms with van der Waals surface area (Å²) in [7, 11) is 1.57. The Kier molecular flexibility index (Phi) is 6.82. The number of methoxy groups -OCH3 is 1. The normalized spacial score (nSPS) is 18.1. The number of hydrogen-bond acceptors (Lipinski definition) is 8. The molecule has 0 spiro atoms. The number of carbonyl (C=O) groups excluding carboxylic acids is 1. The Balaban J connectivity index is 1.63. The molecule has 1 fully saturated rings. The van der Waals surface area contributed by atoms with Crippen molar-refractivity contribution in [1.82, 2.24) is 4.57 Å². The molecule has 0 N–H and O–H groups in total. The van der Waals surface area contributed by atoms with E-state index in [0.717, 1.165) is 31.8 Å². The van der Waals surface area contributed by atoms with E-state index in [1.807, 2.05) is 36.4 Å². The Labute approximate surface area is 212 Å². The Morgan fingerprint density at radius 3 is 2.72 bits per heavy atom. The van der Waals surface area contributed by atoms with Gasteiger partial charge < -0.3 is 18.8 Å². The highest BCUT2D eigenvalue weighted by Crippen LogP contribution is 2.35. The second kappa shape index (κ2) is 10.2. The van der Waals surface area contributed by atoms with E-state index in [2.05, 4.69) is 9.89 Å². The van der Waals surface area contributed by atoms with Gasteiger partial charge in [-0.25, -0.2) is 9.79 Å². The van der Waals surface area contributed by atoms with Crippen LogP contribution in [0.4, 0.5) is 5.88 Å². The molecule has 0 radical (unpaired) electrons. The Morgan fingerprint density at radius 1 is 1.19 bits per heavy atom. The maximum atomic E-state index is 13.8. The van der Waals surface area contributed by atoms with Crippen LogP contribution in [-0.2, 0) is 9.53 Å². The number of allylic oxidation sites excluding steroid dienone is 1. The number of nitrogens with zero attached hydrogens (tertiary/aromatic N) is 3. The maximum Gasteiger partial charge on any atom is 0.338 e. The fraction of sp³-hybridized carbons (Fsp3) is 0.370. The SMILES string of the molecule is CCOC(=O)C1=C(C)N=c2sc(=Cc3ccc(N4CCCCC4)o3)c(=O)n2C1c1ccccc1OC. The summed E-state index contributed by atoms with van der Waals surface area (Å²) >= 11 is 1.27. The van der Waals surface area contributed by atoms with Gasteiger partial charge in [0.05, 0.1) is 29.5 Å². The van der Waals surface area contributed by atoms with Crippen molar-refractivity contribution >= 4 is 29.3 Å². The molecule has 3 aromatic rings. The number of fused-ring (bicyclic) bond motifs is 1. The first kappa shape index (κ1) is 24.1. The molecule has 4 heterocycles. The summed E-state index contributed by atoms with van der Waals surface area (Å²) in [5.74, 6) is 1.50. The van der Waals surface area contributed by atoms with E-state index < -0.39 is 12.0 Å². The largest absolute Gasteiger partial charge is 0.496 e. The molecule has 0 aliphatic carbocycles. The van der Waals surface area contributed by atoms with Gasteiger partial charge in [-0.3, -0.25) is 9.36 Å². The number of thiazole rings is 1. The Hall–Kier alpha value is -3.59. The maximum absolute atomic E-state index is 13.8. The van der Waals surface area contributed by atoms with Crippen molar-refractivity contribution in [2.45, 2.75) is 39.2 Å². The molecule has 188 valence electrons. The molecule has 1 saturated heterocycles. The van der Waals surface area contributed by atoms with E-state index in [-0.39, 0.29) is 12.2 Å². The van der Waals surface area contributed by atoms with E-state index in [0.29, 0.717) is 37.7 Å². The average Bonchev–Trinajstić information content (AvgIpc) is 3.48. The van der Waals surface area contributed by atoms with Gasteiger partial charge in [0.2, 0.25) is 0 Å². The third-order valence-corrected chi connectivity index (χ3v) is 7.49. The number of furan rings is 1. The minimum atomic E-state index is -0.723. The lowest BCUT2D eigenvalue weighted by atomic mass is 9.95. The number of anilines is 1. The van der Waals surface area contributed by atoms with Crippen molar-refractivity contribution in [1.29, 1.82) is 0 Å². The minimum absolute atomic E-state index is 0.219. The second-order valence-electron chi connectivity index (χ2n) is 8.77. The van der Waals surface area contributed by atoms with Crippen LogP contribution in [0.3, 0.4) is 0 Å². The predicted octanol–water partition coefficient (Wildman–Crippen LogP) is 3.39. The van der Waals surface area contributed by atoms with Gasteiger partial charge >= 0.3 is 5.97 Å². The predicted molar refractivity (Wildman–Crippen MR) is 138 cm³/mol.